The van der Waals surface area contributed by atoms with Crippen molar-refractivity contribution in [3.8, 4) is 5.75 Å². The molecule has 0 radical (unpaired) electrons. The third-order valence-electron chi connectivity index (χ3n) is 3.70. The number of carboxylic acids is 1. The van der Waals surface area contributed by atoms with Crippen molar-refractivity contribution in [2.24, 2.45) is 11.7 Å². The normalized spacial score (nSPS) is 14.4. The van der Waals surface area contributed by atoms with Gasteiger partial charge in [-0.15, -0.1) is 0 Å². The fourth-order valence-electron chi connectivity index (χ4n) is 2.14. The standard InChI is InChI=1S/C17H25N3O5/c1-9(2)14(16(23)19-10(3)17(24)25)20-15(22)13(18)8-11-4-6-12(21)7-5-11/h4-7,9-10,13-14,21H,8,18H2,1-3H3,(H,19,23)(H,20,22)(H,24,25)/t10-,13-,14-/m0/s1. The second kappa shape index (κ2) is 9.03. The lowest BCUT2D eigenvalue weighted by Crippen LogP contribution is -2.56. The molecule has 0 saturated carbocycles. The van der Waals surface area contributed by atoms with Gasteiger partial charge < -0.3 is 26.6 Å². The van der Waals surface area contributed by atoms with E-state index in [1.165, 1.54) is 19.1 Å². The van der Waals surface area contributed by atoms with Crippen molar-refractivity contribution in [1.29, 1.82) is 0 Å². The maximum Gasteiger partial charge on any atom is 0.325 e. The molecule has 0 aliphatic heterocycles. The number of hydrogen-bond donors (Lipinski definition) is 5. The number of nitrogens with two attached hydrogens (primary N) is 1. The lowest BCUT2D eigenvalue weighted by atomic mass is 10.0. The number of aliphatic carboxylic acids is 1. The molecule has 0 aliphatic carbocycles. The molecule has 0 fully saturated rings. The molecule has 25 heavy (non-hydrogen) atoms. The molecule has 8 nitrogen and oxygen atoms in total. The maximum absolute atomic E-state index is 12.3. The van der Waals surface area contributed by atoms with E-state index in [4.69, 9.17) is 10.8 Å². The van der Waals surface area contributed by atoms with E-state index in [-0.39, 0.29) is 18.1 Å². The SMILES string of the molecule is CC(C)[C@H](NC(=O)[C@@H](N)Cc1ccc(O)cc1)C(=O)N[C@@H](C)C(=O)O. The number of rotatable bonds is 8. The largest absolute Gasteiger partial charge is 0.508 e. The minimum Gasteiger partial charge on any atom is -0.508 e. The molecule has 8 heteroatoms. The highest BCUT2D eigenvalue weighted by atomic mass is 16.4. The highest BCUT2D eigenvalue weighted by molar-refractivity contribution is 5.91. The Labute approximate surface area is 146 Å². The lowest BCUT2D eigenvalue weighted by molar-refractivity contribution is -0.142. The number of carboxylic acid groups (broad SMARTS) is 1. The van der Waals surface area contributed by atoms with Crippen molar-refractivity contribution >= 4 is 17.8 Å². The molecule has 3 atom stereocenters. The minimum absolute atomic E-state index is 0.117. The second-order valence-corrected chi connectivity index (χ2v) is 6.28. The van der Waals surface area contributed by atoms with Gasteiger partial charge in [0.05, 0.1) is 6.04 Å². The first-order valence-corrected chi connectivity index (χ1v) is 7.98. The van der Waals surface area contributed by atoms with Crippen LogP contribution >= 0.6 is 0 Å². The van der Waals surface area contributed by atoms with Gasteiger partial charge in [0, 0.05) is 0 Å². The zero-order valence-electron chi connectivity index (χ0n) is 14.5. The summed E-state index contributed by atoms with van der Waals surface area (Å²) in [5.41, 5.74) is 6.65. The molecule has 0 unspecified atom stereocenters. The number of aromatic hydroxyl groups is 1. The fraction of sp³-hybridized carbons (Fsp3) is 0.471. The van der Waals surface area contributed by atoms with E-state index in [0.717, 1.165) is 5.56 Å². The first kappa shape index (κ1) is 20.4. The van der Waals surface area contributed by atoms with E-state index in [1.807, 2.05) is 0 Å². The van der Waals surface area contributed by atoms with Gasteiger partial charge in [-0.1, -0.05) is 26.0 Å². The number of phenolic OH excluding ortho intramolecular Hbond substituents is 1. The van der Waals surface area contributed by atoms with Gasteiger partial charge in [-0.3, -0.25) is 14.4 Å². The number of benzene rings is 1. The fourth-order valence-corrected chi connectivity index (χ4v) is 2.14. The van der Waals surface area contributed by atoms with E-state index in [9.17, 15) is 19.5 Å². The summed E-state index contributed by atoms with van der Waals surface area (Å²) >= 11 is 0. The number of amides is 2. The van der Waals surface area contributed by atoms with Crippen molar-refractivity contribution in [1.82, 2.24) is 10.6 Å². The first-order valence-electron chi connectivity index (χ1n) is 7.98. The predicted octanol–water partition coefficient (Wildman–Crippen LogP) is -0.00790. The van der Waals surface area contributed by atoms with Crippen LogP contribution in [0, 0.1) is 5.92 Å². The Morgan fingerprint density at radius 1 is 1.04 bits per heavy atom. The van der Waals surface area contributed by atoms with Gasteiger partial charge in [-0.25, -0.2) is 0 Å². The Hall–Kier alpha value is -2.61. The van der Waals surface area contributed by atoms with Crippen LogP contribution in [0.5, 0.6) is 5.75 Å². The molecule has 138 valence electrons. The van der Waals surface area contributed by atoms with Crippen molar-refractivity contribution in [2.45, 2.75) is 45.3 Å². The molecule has 1 aromatic rings. The minimum atomic E-state index is -1.16. The number of carbonyl (C=O) groups is 3. The summed E-state index contributed by atoms with van der Waals surface area (Å²) in [6.45, 7) is 4.82. The number of hydrogen-bond acceptors (Lipinski definition) is 5. The van der Waals surface area contributed by atoms with Gasteiger partial charge in [0.1, 0.15) is 17.8 Å². The van der Waals surface area contributed by atoms with Crippen molar-refractivity contribution in [2.75, 3.05) is 0 Å². The Bertz CT molecular complexity index is 615. The van der Waals surface area contributed by atoms with Crippen LogP contribution in [0.2, 0.25) is 0 Å². The van der Waals surface area contributed by atoms with Crippen molar-refractivity contribution in [3.05, 3.63) is 29.8 Å². The molecular formula is C17H25N3O5. The first-order chi connectivity index (χ1) is 11.6. The zero-order valence-corrected chi connectivity index (χ0v) is 14.5. The van der Waals surface area contributed by atoms with E-state index in [0.29, 0.717) is 0 Å². The van der Waals surface area contributed by atoms with Crippen LogP contribution < -0.4 is 16.4 Å². The van der Waals surface area contributed by atoms with E-state index in [2.05, 4.69) is 10.6 Å². The van der Waals surface area contributed by atoms with Crippen molar-refractivity contribution < 1.29 is 24.6 Å². The summed E-state index contributed by atoms with van der Waals surface area (Å²) in [5.74, 6) is -2.37. The summed E-state index contributed by atoms with van der Waals surface area (Å²) in [7, 11) is 0. The average molecular weight is 351 g/mol. The zero-order chi connectivity index (χ0) is 19.1. The number of carbonyl (C=O) groups excluding carboxylic acids is 2. The van der Waals surface area contributed by atoms with Gasteiger partial charge in [-0.05, 0) is 37.0 Å². The monoisotopic (exact) mass is 351 g/mol. The van der Waals surface area contributed by atoms with Gasteiger partial charge >= 0.3 is 5.97 Å². The van der Waals surface area contributed by atoms with Crippen LogP contribution in [0.1, 0.15) is 26.3 Å². The quantitative estimate of drug-likeness (QED) is 0.446. The molecule has 0 spiro atoms. The van der Waals surface area contributed by atoms with E-state index in [1.54, 1.807) is 26.0 Å². The summed E-state index contributed by atoms with van der Waals surface area (Å²) in [4.78, 5) is 35.3. The molecule has 0 heterocycles. The summed E-state index contributed by atoms with van der Waals surface area (Å²) in [5, 5.41) is 23.0. The third kappa shape index (κ3) is 6.42. The van der Waals surface area contributed by atoms with Gasteiger partial charge in [0.25, 0.3) is 0 Å². The Morgan fingerprint density at radius 3 is 2.08 bits per heavy atom. The highest BCUT2D eigenvalue weighted by Crippen LogP contribution is 2.11. The molecule has 2 amide bonds. The Morgan fingerprint density at radius 2 is 1.60 bits per heavy atom. The van der Waals surface area contributed by atoms with Crippen LogP contribution in [0.3, 0.4) is 0 Å². The number of nitrogens with one attached hydrogen (secondary N) is 2. The molecular weight excluding hydrogens is 326 g/mol. The molecule has 0 saturated heterocycles. The highest BCUT2D eigenvalue weighted by Gasteiger charge is 2.28. The number of phenols is 1. The predicted molar refractivity (Wildman–Crippen MR) is 91.8 cm³/mol. The molecule has 0 bridgehead atoms. The van der Waals surface area contributed by atoms with Crippen LogP contribution in [0.25, 0.3) is 0 Å². The van der Waals surface area contributed by atoms with Crippen LogP contribution in [0.15, 0.2) is 24.3 Å². The van der Waals surface area contributed by atoms with E-state index >= 15 is 0 Å². The van der Waals surface area contributed by atoms with Crippen LogP contribution in [-0.4, -0.2) is 46.1 Å². The van der Waals surface area contributed by atoms with Crippen molar-refractivity contribution in [3.63, 3.8) is 0 Å². The topological polar surface area (TPSA) is 142 Å². The van der Waals surface area contributed by atoms with Crippen LogP contribution in [-0.2, 0) is 20.8 Å². The smallest absolute Gasteiger partial charge is 0.325 e. The lowest BCUT2D eigenvalue weighted by Gasteiger charge is -2.24. The Kier molecular flexibility index (Phi) is 7.38. The molecule has 1 rings (SSSR count). The van der Waals surface area contributed by atoms with Gasteiger partial charge in [0.2, 0.25) is 11.8 Å². The third-order valence-corrected chi connectivity index (χ3v) is 3.70. The summed E-state index contributed by atoms with van der Waals surface area (Å²) < 4.78 is 0. The van der Waals surface area contributed by atoms with Crippen LogP contribution in [0.4, 0.5) is 0 Å². The molecule has 0 aliphatic rings. The second-order valence-electron chi connectivity index (χ2n) is 6.28. The average Bonchev–Trinajstić information content (AvgIpc) is 2.53. The molecule has 0 aromatic heterocycles. The summed E-state index contributed by atoms with van der Waals surface area (Å²) in [6, 6.07) is 3.48. The van der Waals surface area contributed by atoms with E-state index < -0.39 is 35.9 Å². The van der Waals surface area contributed by atoms with Gasteiger partial charge in [0.15, 0.2) is 0 Å². The summed E-state index contributed by atoms with van der Waals surface area (Å²) in [6.07, 6.45) is 0.240. The molecule has 1 aromatic carbocycles. The molecule has 6 N–H and O–H groups in total. The van der Waals surface area contributed by atoms with Gasteiger partial charge in [-0.2, -0.15) is 0 Å². The Balaban J connectivity index is 2.70. The maximum atomic E-state index is 12.3.